The molecule has 1 rings (SSSR count). The fraction of sp³-hybridized carbons (Fsp3) is 0.833. The normalized spacial score (nSPS) is 24.2. The third kappa shape index (κ3) is 1.98. The molecule has 1 heterocycles. The Morgan fingerprint density at radius 2 is 2.23 bits per heavy atom. The molecule has 0 aromatic rings. The van der Waals surface area contributed by atoms with Gasteiger partial charge in [0, 0.05) is 6.54 Å². The van der Waals surface area contributed by atoms with Gasteiger partial charge in [-0.3, -0.25) is 10.2 Å². The highest BCUT2D eigenvalue weighted by Gasteiger charge is 2.35. The summed E-state index contributed by atoms with van der Waals surface area (Å²) >= 11 is 0. The molecule has 76 valence electrons. The van der Waals surface area contributed by atoms with Gasteiger partial charge >= 0.3 is 0 Å². The summed E-state index contributed by atoms with van der Waals surface area (Å²) in [6, 6.07) is -0.711. The van der Waals surface area contributed by atoms with Gasteiger partial charge in [-0.25, -0.2) is 14.3 Å². The second kappa shape index (κ2) is 3.60. The molecule has 3 N–H and O–H groups in total. The summed E-state index contributed by atoms with van der Waals surface area (Å²) < 4.78 is 23.8. The zero-order valence-electron chi connectivity index (χ0n) is 7.36. The second-order valence-corrected chi connectivity index (χ2v) is 5.01. The topological polar surface area (TPSA) is 92.5 Å². The van der Waals surface area contributed by atoms with E-state index in [2.05, 4.69) is 0 Å². The molecule has 0 spiro atoms. The molecular formula is C6H13N3O3S. The van der Waals surface area contributed by atoms with Crippen LogP contribution in [0.3, 0.4) is 0 Å². The number of hydrogen-bond acceptors (Lipinski definition) is 4. The van der Waals surface area contributed by atoms with E-state index < -0.39 is 22.0 Å². The Kier molecular flexibility index (Phi) is 2.89. The zero-order valence-corrected chi connectivity index (χ0v) is 8.17. The van der Waals surface area contributed by atoms with Gasteiger partial charge in [0.05, 0.1) is 5.75 Å². The summed E-state index contributed by atoms with van der Waals surface area (Å²) in [5.74, 6) is 4.55. The van der Waals surface area contributed by atoms with Gasteiger partial charge in [-0.1, -0.05) is 0 Å². The van der Waals surface area contributed by atoms with E-state index >= 15 is 0 Å². The van der Waals surface area contributed by atoms with Crippen LogP contribution in [0.15, 0.2) is 0 Å². The van der Waals surface area contributed by atoms with Crippen LogP contribution < -0.4 is 11.3 Å². The molecule has 0 aromatic heterocycles. The summed E-state index contributed by atoms with van der Waals surface area (Å²) in [4.78, 5) is 11.0. The SMILES string of the molecule is CC(C(=O)NN)N1CCCS1(=O)=O. The molecule has 1 unspecified atom stereocenters. The van der Waals surface area contributed by atoms with Crippen molar-refractivity contribution in [3.63, 3.8) is 0 Å². The first-order valence-electron chi connectivity index (χ1n) is 3.99. The van der Waals surface area contributed by atoms with E-state index in [1.54, 1.807) is 0 Å². The second-order valence-electron chi connectivity index (χ2n) is 2.96. The van der Waals surface area contributed by atoms with E-state index in [1.165, 1.54) is 11.2 Å². The number of nitrogens with one attached hydrogen (secondary N) is 1. The smallest absolute Gasteiger partial charge is 0.252 e. The van der Waals surface area contributed by atoms with E-state index in [0.29, 0.717) is 13.0 Å². The summed E-state index contributed by atoms with van der Waals surface area (Å²) in [7, 11) is -3.22. The van der Waals surface area contributed by atoms with Gasteiger partial charge in [-0.2, -0.15) is 4.31 Å². The van der Waals surface area contributed by atoms with Crippen LogP contribution in [-0.4, -0.2) is 37.0 Å². The highest BCUT2D eigenvalue weighted by atomic mass is 32.2. The van der Waals surface area contributed by atoms with Crippen LogP contribution in [-0.2, 0) is 14.8 Å². The van der Waals surface area contributed by atoms with Gasteiger partial charge in [0.15, 0.2) is 0 Å². The Morgan fingerprint density at radius 1 is 1.62 bits per heavy atom. The number of sulfonamides is 1. The minimum Gasteiger partial charge on any atom is -0.293 e. The van der Waals surface area contributed by atoms with Crippen molar-refractivity contribution in [3.8, 4) is 0 Å². The summed E-state index contributed by atoms with van der Waals surface area (Å²) in [5, 5.41) is 0. The Labute approximate surface area is 77.1 Å². The van der Waals surface area contributed by atoms with E-state index in [0.717, 1.165) is 0 Å². The lowest BCUT2D eigenvalue weighted by molar-refractivity contribution is -0.124. The highest BCUT2D eigenvalue weighted by Crippen LogP contribution is 2.16. The quantitative estimate of drug-likeness (QED) is 0.324. The molecule has 1 aliphatic rings. The molecular weight excluding hydrogens is 194 g/mol. The monoisotopic (exact) mass is 207 g/mol. The van der Waals surface area contributed by atoms with Crippen LogP contribution in [0.1, 0.15) is 13.3 Å². The Bertz CT molecular complexity index is 300. The number of hydrazine groups is 1. The summed E-state index contributed by atoms with van der Waals surface area (Å²) in [6.07, 6.45) is 0.574. The van der Waals surface area contributed by atoms with Crippen molar-refractivity contribution in [2.75, 3.05) is 12.3 Å². The summed E-state index contributed by atoms with van der Waals surface area (Å²) in [6.45, 7) is 1.92. The number of nitrogens with zero attached hydrogens (tertiary/aromatic N) is 1. The molecule has 1 atom stereocenters. The highest BCUT2D eigenvalue weighted by molar-refractivity contribution is 7.89. The Morgan fingerprint density at radius 3 is 2.62 bits per heavy atom. The largest absolute Gasteiger partial charge is 0.293 e. The van der Waals surface area contributed by atoms with Crippen molar-refractivity contribution >= 4 is 15.9 Å². The zero-order chi connectivity index (χ0) is 10.1. The number of nitrogens with two attached hydrogens (primary N) is 1. The van der Waals surface area contributed by atoms with Gasteiger partial charge in [0.2, 0.25) is 10.0 Å². The third-order valence-corrected chi connectivity index (χ3v) is 4.11. The van der Waals surface area contributed by atoms with E-state index in [4.69, 9.17) is 5.84 Å². The van der Waals surface area contributed by atoms with Crippen LogP contribution in [0.2, 0.25) is 0 Å². The number of carbonyl (C=O) groups excluding carboxylic acids is 1. The number of amides is 1. The maximum atomic E-state index is 11.3. The lowest BCUT2D eigenvalue weighted by Gasteiger charge is -2.20. The predicted octanol–water partition coefficient (Wildman–Crippen LogP) is -1.60. The van der Waals surface area contributed by atoms with E-state index in [-0.39, 0.29) is 5.75 Å². The van der Waals surface area contributed by atoms with Crippen molar-refractivity contribution in [2.45, 2.75) is 19.4 Å². The average Bonchev–Trinajstić information content (AvgIpc) is 2.42. The van der Waals surface area contributed by atoms with Crippen LogP contribution in [0, 0.1) is 0 Å². The van der Waals surface area contributed by atoms with Crippen LogP contribution in [0.4, 0.5) is 0 Å². The van der Waals surface area contributed by atoms with Crippen molar-refractivity contribution in [1.82, 2.24) is 9.73 Å². The molecule has 0 aromatic carbocycles. The maximum absolute atomic E-state index is 11.3. The lowest BCUT2D eigenvalue weighted by Crippen LogP contribution is -2.47. The average molecular weight is 207 g/mol. The minimum atomic E-state index is -3.22. The molecule has 1 saturated heterocycles. The Balaban J connectivity index is 2.78. The molecule has 1 amide bonds. The maximum Gasteiger partial charge on any atom is 0.252 e. The van der Waals surface area contributed by atoms with Crippen LogP contribution >= 0.6 is 0 Å². The molecule has 0 radical (unpaired) electrons. The third-order valence-electron chi connectivity index (χ3n) is 2.09. The molecule has 13 heavy (non-hydrogen) atoms. The van der Waals surface area contributed by atoms with Gasteiger partial charge in [0.1, 0.15) is 6.04 Å². The molecule has 6 nitrogen and oxygen atoms in total. The van der Waals surface area contributed by atoms with Gasteiger partial charge in [-0.05, 0) is 13.3 Å². The summed E-state index contributed by atoms with van der Waals surface area (Å²) in [5.41, 5.74) is 1.93. The fourth-order valence-electron chi connectivity index (χ4n) is 1.35. The standard InChI is InChI=1S/C6H13N3O3S/c1-5(6(10)8-7)9-3-2-4-13(9,11)12/h5H,2-4,7H2,1H3,(H,8,10). The minimum absolute atomic E-state index is 0.120. The first-order chi connectivity index (χ1) is 5.99. The predicted molar refractivity (Wildman–Crippen MR) is 46.9 cm³/mol. The molecule has 0 aliphatic carbocycles. The lowest BCUT2D eigenvalue weighted by atomic mass is 10.3. The van der Waals surface area contributed by atoms with Crippen molar-refractivity contribution < 1.29 is 13.2 Å². The number of hydrogen-bond donors (Lipinski definition) is 2. The van der Waals surface area contributed by atoms with Crippen molar-refractivity contribution in [1.29, 1.82) is 0 Å². The fourth-order valence-corrected chi connectivity index (χ4v) is 3.06. The van der Waals surface area contributed by atoms with Gasteiger partial charge in [-0.15, -0.1) is 0 Å². The molecule has 7 heteroatoms. The van der Waals surface area contributed by atoms with Crippen LogP contribution in [0.5, 0.6) is 0 Å². The number of carbonyl (C=O) groups is 1. The van der Waals surface area contributed by atoms with Gasteiger partial charge < -0.3 is 0 Å². The molecule has 0 saturated carbocycles. The number of rotatable bonds is 2. The first-order valence-corrected chi connectivity index (χ1v) is 5.60. The van der Waals surface area contributed by atoms with Crippen LogP contribution in [0.25, 0.3) is 0 Å². The van der Waals surface area contributed by atoms with Crippen molar-refractivity contribution in [2.24, 2.45) is 5.84 Å². The van der Waals surface area contributed by atoms with Crippen molar-refractivity contribution in [3.05, 3.63) is 0 Å². The van der Waals surface area contributed by atoms with E-state index in [9.17, 15) is 13.2 Å². The first kappa shape index (κ1) is 10.4. The van der Waals surface area contributed by atoms with E-state index in [1.807, 2.05) is 5.43 Å². The Hall–Kier alpha value is -0.660. The van der Waals surface area contributed by atoms with Gasteiger partial charge in [0.25, 0.3) is 5.91 Å². The molecule has 0 bridgehead atoms. The molecule has 1 aliphatic heterocycles. The molecule has 1 fully saturated rings.